The van der Waals surface area contributed by atoms with E-state index in [1.54, 1.807) is 24.3 Å². The molecule has 26 heavy (non-hydrogen) atoms. The van der Waals surface area contributed by atoms with Gasteiger partial charge in [-0.3, -0.25) is 9.59 Å². The zero-order valence-electron chi connectivity index (χ0n) is 15.0. The zero-order chi connectivity index (χ0) is 19.1. The second-order valence-corrected chi connectivity index (χ2v) is 5.74. The highest BCUT2D eigenvalue weighted by Crippen LogP contribution is 2.28. The monoisotopic (exact) mass is 354 g/mol. The molecule has 0 atom stereocenters. The van der Waals surface area contributed by atoms with Crippen molar-refractivity contribution in [2.75, 3.05) is 19.0 Å². The molecule has 6 nitrogen and oxygen atoms in total. The molecule has 0 radical (unpaired) electrons. The number of rotatable bonds is 7. The maximum absolute atomic E-state index is 12.1. The molecule has 136 valence electrons. The summed E-state index contributed by atoms with van der Waals surface area (Å²) in [6.45, 7) is 3.73. The summed E-state index contributed by atoms with van der Waals surface area (Å²) in [5.41, 5.74) is 8.75. The summed E-state index contributed by atoms with van der Waals surface area (Å²) >= 11 is 0. The molecule has 0 saturated heterocycles. The van der Waals surface area contributed by atoms with E-state index in [9.17, 15) is 9.59 Å². The number of anilines is 1. The number of hydrogen-bond acceptors (Lipinski definition) is 4. The number of carbonyl (C=O) groups is 2. The number of aryl methyl sites for hydroxylation is 1. The van der Waals surface area contributed by atoms with Gasteiger partial charge in [-0.2, -0.15) is 0 Å². The van der Waals surface area contributed by atoms with Crippen molar-refractivity contribution < 1.29 is 19.1 Å². The SMILES string of the molecule is COc1cc(/C=C/C(=O)Nc2cccc(C)c2C)ccc1OCC(N)=O. The van der Waals surface area contributed by atoms with E-state index in [0.29, 0.717) is 11.5 Å². The number of primary amides is 1. The van der Waals surface area contributed by atoms with Crippen molar-refractivity contribution in [2.45, 2.75) is 13.8 Å². The third-order valence-electron chi connectivity index (χ3n) is 3.85. The molecule has 0 spiro atoms. The van der Waals surface area contributed by atoms with Gasteiger partial charge >= 0.3 is 0 Å². The average molecular weight is 354 g/mol. The summed E-state index contributed by atoms with van der Waals surface area (Å²) in [6.07, 6.45) is 3.11. The van der Waals surface area contributed by atoms with Gasteiger partial charge in [0.25, 0.3) is 5.91 Å². The predicted octanol–water partition coefficient (Wildman–Crippen LogP) is 2.83. The van der Waals surface area contributed by atoms with Crippen LogP contribution in [0.2, 0.25) is 0 Å². The van der Waals surface area contributed by atoms with Gasteiger partial charge in [0.1, 0.15) is 0 Å². The minimum atomic E-state index is -0.570. The van der Waals surface area contributed by atoms with Crippen LogP contribution >= 0.6 is 0 Å². The smallest absolute Gasteiger partial charge is 0.255 e. The molecule has 6 heteroatoms. The van der Waals surface area contributed by atoms with Gasteiger partial charge in [-0.1, -0.05) is 18.2 Å². The number of nitrogens with two attached hydrogens (primary N) is 1. The second-order valence-electron chi connectivity index (χ2n) is 5.74. The summed E-state index contributed by atoms with van der Waals surface area (Å²) < 4.78 is 10.5. The van der Waals surface area contributed by atoms with Crippen LogP contribution in [-0.2, 0) is 9.59 Å². The van der Waals surface area contributed by atoms with E-state index < -0.39 is 5.91 Å². The Labute approximate surface area is 152 Å². The third-order valence-corrected chi connectivity index (χ3v) is 3.85. The quantitative estimate of drug-likeness (QED) is 0.748. The first-order valence-electron chi connectivity index (χ1n) is 8.05. The van der Waals surface area contributed by atoms with E-state index in [2.05, 4.69) is 5.32 Å². The second kappa shape index (κ2) is 8.71. The predicted molar refractivity (Wildman–Crippen MR) is 101 cm³/mol. The van der Waals surface area contributed by atoms with Crippen LogP contribution < -0.4 is 20.5 Å². The molecule has 3 N–H and O–H groups in total. The van der Waals surface area contributed by atoms with E-state index in [4.69, 9.17) is 15.2 Å². The molecule has 2 aromatic rings. The molecule has 0 bridgehead atoms. The Morgan fingerprint density at radius 3 is 2.62 bits per heavy atom. The summed E-state index contributed by atoms with van der Waals surface area (Å²) in [5.74, 6) is 0.0532. The Balaban J connectivity index is 2.08. The lowest BCUT2D eigenvalue weighted by molar-refractivity contribution is -0.120. The molecule has 0 saturated carbocycles. The highest BCUT2D eigenvalue weighted by molar-refractivity contribution is 6.02. The molecule has 0 heterocycles. The van der Waals surface area contributed by atoms with Crippen molar-refractivity contribution >= 4 is 23.6 Å². The minimum absolute atomic E-state index is 0.230. The molecule has 0 aliphatic carbocycles. The lowest BCUT2D eigenvalue weighted by Crippen LogP contribution is -2.20. The van der Waals surface area contributed by atoms with Crippen molar-refractivity contribution in [3.8, 4) is 11.5 Å². The first-order chi connectivity index (χ1) is 12.4. The van der Waals surface area contributed by atoms with Crippen LogP contribution in [0.15, 0.2) is 42.5 Å². The highest BCUT2D eigenvalue weighted by atomic mass is 16.5. The number of hydrogen-bond donors (Lipinski definition) is 2. The third kappa shape index (κ3) is 5.11. The first kappa shape index (κ1) is 19.1. The van der Waals surface area contributed by atoms with Gasteiger partial charge in [0.2, 0.25) is 5.91 Å². The molecule has 0 aliphatic heterocycles. The maximum Gasteiger partial charge on any atom is 0.255 e. The molecule has 0 fully saturated rings. The lowest BCUT2D eigenvalue weighted by atomic mass is 10.1. The highest BCUT2D eigenvalue weighted by Gasteiger charge is 2.07. The Kier molecular flexibility index (Phi) is 6.38. The Morgan fingerprint density at radius 1 is 1.15 bits per heavy atom. The molecular formula is C20H22N2O4. The number of carbonyl (C=O) groups excluding carboxylic acids is 2. The van der Waals surface area contributed by atoms with Gasteiger partial charge < -0.3 is 20.5 Å². The summed E-state index contributed by atoms with van der Waals surface area (Å²) in [4.78, 5) is 23.0. The van der Waals surface area contributed by atoms with E-state index in [0.717, 1.165) is 22.4 Å². The molecule has 0 unspecified atom stereocenters. The van der Waals surface area contributed by atoms with Crippen LogP contribution in [-0.4, -0.2) is 25.5 Å². The van der Waals surface area contributed by atoms with Crippen LogP contribution in [0.5, 0.6) is 11.5 Å². The molecular weight excluding hydrogens is 332 g/mol. The maximum atomic E-state index is 12.1. The van der Waals surface area contributed by atoms with E-state index in [-0.39, 0.29) is 12.5 Å². The Bertz CT molecular complexity index is 844. The van der Waals surface area contributed by atoms with Gasteiger partial charge in [0.15, 0.2) is 18.1 Å². The fraction of sp³-hybridized carbons (Fsp3) is 0.200. The number of ether oxygens (including phenoxy) is 2. The Hall–Kier alpha value is -3.28. The van der Waals surface area contributed by atoms with Crippen LogP contribution in [0.4, 0.5) is 5.69 Å². The van der Waals surface area contributed by atoms with E-state index in [1.165, 1.54) is 13.2 Å². The number of nitrogens with one attached hydrogen (secondary N) is 1. The van der Waals surface area contributed by atoms with Gasteiger partial charge in [0.05, 0.1) is 7.11 Å². The van der Waals surface area contributed by atoms with Crippen molar-refractivity contribution in [3.63, 3.8) is 0 Å². The van der Waals surface area contributed by atoms with Crippen molar-refractivity contribution in [3.05, 3.63) is 59.2 Å². The Morgan fingerprint density at radius 2 is 1.92 bits per heavy atom. The van der Waals surface area contributed by atoms with Gasteiger partial charge in [0, 0.05) is 11.8 Å². The van der Waals surface area contributed by atoms with Crippen molar-refractivity contribution in [1.29, 1.82) is 0 Å². The summed E-state index contributed by atoms with van der Waals surface area (Å²) in [5, 5.41) is 2.86. The molecule has 0 aromatic heterocycles. The van der Waals surface area contributed by atoms with E-state index >= 15 is 0 Å². The van der Waals surface area contributed by atoms with Crippen LogP contribution in [0, 0.1) is 13.8 Å². The van der Waals surface area contributed by atoms with Crippen LogP contribution in [0.25, 0.3) is 6.08 Å². The molecule has 0 aliphatic rings. The first-order valence-corrected chi connectivity index (χ1v) is 8.05. The lowest BCUT2D eigenvalue weighted by Gasteiger charge is -2.10. The fourth-order valence-corrected chi connectivity index (χ4v) is 2.29. The summed E-state index contributed by atoms with van der Waals surface area (Å²) in [6, 6.07) is 10.9. The minimum Gasteiger partial charge on any atom is -0.493 e. The van der Waals surface area contributed by atoms with Gasteiger partial charge in [-0.25, -0.2) is 0 Å². The molecule has 2 rings (SSSR count). The van der Waals surface area contributed by atoms with E-state index in [1.807, 2.05) is 32.0 Å². The number of methoxy groups -OCH3 is 1. The number of benzene rings is 2. The standard InChI is InChI=1S/C20H22N2O4/c1-13-5-4-6-16(14(13)2)22-20(24)10-8-15-7-9-17(18(11-15)25-3)26-12-19(21)23/h4-11H,12H2,1-3H3,(H2,21,23)(H,22,24)/b10-8+. The average Bonchev–Trinajstić information content (AvgIpc) is 2.62. The van der Waals surface area contributed by atoms with Gasteiger partial charge in [-0.15, -0.1) is 0 Å². The fourth-order valence-electron chi connectivity index (χ4n) is 2.29. The zero-order valence-corrected chi connectivity index (χ0v) is 15.0. The van der Waals surface area contributed by atoms with Gasteiger partial charge in [-0.05, 0) is 54.8 Å². The summed E-state index contributed by atoms with van der Waals surface area (Å²) in [7, 11) is 1.49. The largest absolute Gasteiger partial charge is 0.493 e. The molecule has 2 aromatic carbocycles. The van der Waals surface area contributed by atoms with Crippen LogP contribution in [0.1, 0.15) is 16.7 Å². The topological polar surface area (TPSA) is 90.7 Å². The number of amides is 2. The van der Waals surface area contributed by atoms with Crippen molar-refractivity contribution in [2.24, 2.45) is 5.73 Å². The van der Waals surface area contributed by atoms with Crippen LogP contribution in [0.3, 0.4) is 0 Å². The molecule has 2 amide bonds. The van der Waals surface area contributed by atoms with Crippen molar-refractivity contribution in [1.82, 2.24) is 0 Å². The normalized spacial score (nSPS) is 10.6.